The number of nitrogens with one attached hydrogen (secondary N) is 1. The van der Waals surface area contributed by atoms with Crippen LogP contribution in [0.25, 0.3) is 0 Å². The van der Waals surface area contributed by atoms with Gasteiger partial charge in [0.05, 0.1) is 12.7 Å². The smallest absolute Gasteiger partial charge is 0.326 e. The number of esters is 1. The minimum absolute atomic E-state index is 0.176. The average molecular weight is 301 g/mol. The minimum Gasteiger partial charge on any atom is -0.487 e. The van der Waals surface area contributed by atoms with Crippen LogP contribution in [0.15, 0.2) is 18.2 Å². The molecule has 0 amide bonds. The summed E-state index contributed by atoms with van der Waals surface area (Å²) in [5, 5.41) is 2.88. The van der Waals surface area contributed by atoms with E-state index in [1.54, 1.807) is 27.8 Å². The largest absolute Gasteiger partial charge is 0.487 e. The van der Waals surface area contributed by atoms with Gasteiger partial charge in [-0.3, -0.25) is 4.79 Å². The molecule has 0 fully saturated rings. The average Bonchev–Trinajstić information content (AvgIpc) is 2.44. The molecule has 0 aromatic heterocycles. The molecule has 21 heavy (non-hydrogen) atoms. The van der Waals surface area contributed by atoms with Crippen molar-refractivity contribution < 1.29 is 23.0 Å². The van der Waals surface area contributed by atoms with E-state index in [9.17, 15) is 13.6 Å². The van der Waals surface area contributed by atoms with Gasteiger partial charge >= 0.3 is 5.97 Å². The number of halogens is 2. The summed E-state index contributed by atoms with van der Waals surface area (Å²) in [6.45, 7) is 5.34. The van der Waals surface area contributed by atoms with Gasteiger partial charge in [-0.15, -0.1) is 0 Å². The van der Waals surface area contributed by atoms with Crippen LogP contribution < -0.4 is 10.1 Å². The molecule has 118 valence electrons. The number of hydrogen-bond donors (Lipinski definition) is 1. The van der Waals surface area contributed by atoms with Crippen molar-refractivity contribution in [2.45, 2.75) is 38.8 Å². The van der Waals surface area contributed by atoms with E-state index in [2.05, 4.69) is 5.32 Å². The fourth-order valence-electron chi connectivity index (χ4n) is 1.99. The van der Waals surface area contributed by atoms with Crippen molar-refractivity contribution in [1.29, 1.82) is 0 Å². The van der Waals surface area contributed by atoms with Crippen LogP contribution in [0.4, 0.5) is 8.78 Å². The van der Waals surface area contributed by atoms with Gasteiger partial charge in [-0.05, 0) is 40.0 Å². The first-order valence-corrected chi connectivity index (χ1v) is 6.80. The standard InChI is InChI=1S/C15H21F2NO3/c1-5-20-14(19)15(3,18-4)9-10(2)21-12-8-6-7-11(16)13(12)17/h6-8,10,18H,5,9H2,1-4H3. The highest BCUT2D eigenvalue weighted by Gasteiger charge is 2.35. The van der Waals surface area contributed by atoms with Crippen LogP contribution in [0.2, 0.25) is 0 Å². The van der Waals surface area contributed by atoms with Crippen LogP contribution in [0.3, 0.4) is 0 Å². The molecule has 1 N–H and O–H groups in total. The predicted octanol–water partition coefficient (Wildman–Crippen LogP) is 2.66. The molecule has 2 unspecified atom stereocenters. The van der Waals surface area contributed by atoms with E-state index in [0.29, 0.717) is 0 Å². The Hall–Kier alpha value is -1.69. The third-order valence-electron chi connectivity index (χ3n) is 3.22. The van der Waals surface area contributed by atoms with Crippen molar-refractivity contribution in [2.24, 2.45) is 0 Å². The summed E-state index contributed by atoms with van der Waals surface area (Å²) in [4.78, 5) is 11.9. The molecular formula is C15H21F2NO3. The van der Waals surface area contributed by atoms with Gasteiger partial charge in [-0.2, -0.15) is 4.39 Å². The first-order valence-electron chi connectivity index (χ1n) is 6.80. The predicted molar refractivity (Wildman–Crippen MR) is 75.2 cm³/mol. The van der Waals surface area contributed by atoms with Crippen LogP contribution in [0.1, 0.15) is 27.2 Å². The fraction of sp³-hybridized carbons (Fsp3) is 0.533. The zero-order valence-electron chi connectivity index (χ0n) is 12.7. The maximum absolute atomic E-state index is 13.5. The number of hydrogen-bond acceptors (Lipinski definition) is 4. The Morgan fingerprint density at radius 1 is 1.43 bits per heavy atom. The van der Waals surface area contributed by atoms with Crippen LogP contribution in [-0.2, 0) is 9.53 Å². The van der Waals surface area contributed by atoms with Crippen molar-refractivity contribution in [1.82, 2.24) is 5.32 Å². The molecule has 4 nitrogen and oxygen atoms in total. The molecule has 0 aliphatic carbocycles. The minimum atomic E-state index is -1.04. The SMILES string of the molecule is CCOC(=O)C(C)(CC(C)Oc1cccc(F)c1F)NC. The van der Waals surface area contributed by atoms with Crippen LogP contribution in [0.5, 0.6) is 5.75 Å². The van der Waals surface area contributed by atoms with Crippen molar-refractivity contribution in [3.05, 3.63) is 29.8 Å². The molecule has 0 aliphatic rings. The van der Waals surface area contributed by atoms with Gasteiger partial charge in [0.25, 0.3) is 0 Å². The van der Waals surface area contributed by atoms with Gasteiger partial charge < -0.3 is 14.8 Å². The number of likely N-dealkylation sites (N-methyl/N-ethyl adjacent to an activating group) is 1. The lowest BCUT2D eigenvalue weighted by molar-refractivity contribution is -0.151. The number of rotatable bonds is 7. The first-order chi connectivity index (χ1) is 9.84. The van der Waals surface area contributed by atoms with Gasteiger partial charge in [0.15, 0.2) is 11.6 Å². The van der Waals surface area contributed by atoms with Crippen LogP contribution >= 0.6 is 0 Å². The van der Waals surface area contributed by atoms with Crippen molar-refractivity contribution >= 4 is 5.97 Å². The second kappa shape index (κ2) is 7.36. The van der Waals surface area contributed by atoms with Crippen molar-refractivity contribution in [2.75, 3.05) is 13.7 Å². The zero-order chi connectivity index (χ0) is 16.0. The van der Waals surface area contributed by atoms with Gasteiger partial charge in [-0.1, -0.05) is 6.07 Å². The topological polar surface area (TPSA) is 47.6 Å². The summed E-state index contributed by atoms with van der Waals surface area (Å²) in [5.41, 5.74) is -0.959. The number of benzene rings is 1. The molecule has 0 spiro atoms. The Morgan fingerprint density at radius 3 is 2.67 bits per heavy atom. The highest BCUT2D eigenvalue weighted by molar-refractivity contribution is 5.80. The van der Waals surface area contributed by atoms with Crippen molar-refractivity contribution in [3.8, 4) is 5.75 Å². The van der Waals surface area contributed by atoms with E-state index in [-0.39, 0.29) is 18.8 Å². The molecule has 1 aromatic rings. The van der Waals surface area contributed by atoms with E-state index < -0.39 is 29.2 Å². The van der Waals surface area contributed by atoms with Crippen molar-refractivity contribution in [3.63, 3.8) is 0 Å². The lowest BCUT2D eigenvalue weighted by Gasteiger charge is -2.29. The fourth-order valence-corrected chi connectivity index (χ4v) is 1.99. The summed E-state index contributed by atoms with van der Waals surface area (Å²) >= 11 is 0. The molecular weight excluding hydrogens is 280 g/mol. The normalized spacial score (nSPS) is 15.1. The zero-order valence-corrected chi connectivity index (χ0v) is 12.7. The highest BCUT2D eigenvalue weighted by Crippen LogP contribution is 2.23. The lowest BCUT2D eigenvalue weighted by Crippen LogP contribution is -2.51. The monoisotopic (exact) mass is 301 g/mol. The summed E-state index contributed by atoms with van der Waals surface area (Å²) in [7, 11) is 1.63. The third kappa shape index (κ3) is 4.39. The molecule has 0 aliphatic heterocycles. The van der Waals surface area contributed by atoms with E-state index in [0.717, 1.165) is 6.07 Å². The second-order valence-electron chi connectivity index (χ2n) is 4.99. The van der Waals surface area contributed by atoms with Gasteiger partial charge in [0, 0.05) is 6.42 Å². The molecule has 0 saturated carbocycles. The molecule has 1 rings (SSSR count). The second-order valence-corrected chi connectivity index (χ2v) is 4.99. The molecule has 2 atom stereocenters. The molecule has 0 bridgehead atoms. The summed E-state index contributed by atoms with van der Waals surface area (Å²) in [6, 6.07) is 3.72. The van der Waals surface area contributed by atoms with E-state index in [1.165, 1.54) is 12.1 Å². The maximum atomic E-state index is 13.5. The Kier molecular flexibility index (Phi) is 6.08. The summed E-state index contributed by atoms with van der Waals surface area (Å²) in [6.07, 6.45) is -0.263. The number of ether oxygens (including phenoxy) is 2. The van der Waals surface area contributed by atoms with Crippen LogP contribution in [-0.4, -0.2) is 31.3 Å². The maximum Gasteiger partial charge on any atom is 0.326 e. The Bertz CT molecular complexity index is 496. The van der Waals surface area contributed by atoms with Gasteiger partial charge in [0.2, 0.25) is 5.82 Å². The summed E-state index contributed by atoms with van der Waals surface area (Å²) < 4.78 is 37.1. The molecule has 1 aromatic carbocycles. The lowest BCUT2D eigenvalue weighted by atomic mass is 9.95. The molecule has 6 heteroatoms. The van der Waals surface area contributed by atoms with Gasteiger partial charge in [0.1, 0.15) is 5.54 Å². The molecule has 0 saturated heterocycles. The van der Waals surface area contributed by atoms with Gasteiger partial charge in [-0.25, -0.2) is 4.39 Å². The highest BCUT2D eigenvalue weighted by atomic mass is 19.2. The van der Waals surface area contributed by atoms with E-state index in [1.807, 2.05) is 0 Å². The number of carbonyl (C=O) groups excluding carboxylic acids is 1. The molecule has 0 heterocycles. The Labute approximate surface area is 123 Å². The quantitative estimate of drug-likeness (QED) is 0.787. The van der Waals surface area contributed by atoms with Crippen LogP contribution in [0, 0.1) is 11.6 Å². The van der Waals surface area contributed by atoms with E-state index in [4.69, 9.17) is 9.47 Å². The molecule has 0 radical (unpaired) electrons. The number of carbonyl (C=O) groups is 1. The summed E-state index contributed by atoms with van der Waals surface area (Å²) in [5.74, 6) is -2.60. The Morgan fingerprint density at radius 2 is 2.10 bits per heavy atom. The first kappa shape index (κ1) is 17.4. The van der Waals surface area contributed by atoms with E-state index >= 15 is 0 Å². The Balaban J connectivity index is 2.77. The third-order valence-corrected chi connectivity index (χ3v) is 3.22.